The smallest absolute Gasteiger partial charge is 0.341 e. The molecule has 0 fully saturated rings. The van der Waals surface area contributed by atoms with Gasteiger partial charge in [-0.25, -0.2) is 4.79 Å². The summed E-state index contributed by atoms with van der Waals surface area (Å²) in [7, 11) is 1.59. The van der Waals surface area contributed by atoms with Gasteiger partial charge in [0, 0.05) is 17.2 Å². The predicted molar refractivity (Wildman–Crippen MR) is 116 cm³/mol. The molecule has 160 valence electrons. The number of hydrogen-bond donors (Lipinski definition) is 1. The van der Waals surface area contributed by atoms with E-state index in [0.29, 0.717) is 59.0 Å². The van der Waals surface area contributed by atoms with E-state index in [4.69, 9.17) is 23.7 Å². The Hall–Kier alpha value is -3.74. The van der Waals surface area contributed by atoms with Crippen molar-refractivity contribution in [3.8, 4) is 17.2 Å². The van der Waals surface area contributed by atoms with Crippen molar-refractivity contribution in [2.75, 3.05) is 20.3 Å². The minimum absolute atomic E-state index is 0.0838. The maximum absolute atomic E-state index is 13.0. The fourth-order valence-corrected chi connectivity index (χ4v) is 3.77. The number of hydrogen-bond acceptors (Lipinski definition) is 6. The van der Waals surface area contributed by atoms with Crippen LogP contribution in [0.1, 0.15) is 30.2 Å². The van der Waals surface area contributed by atoms with Crippen molar-refractivity contribution >= 4 is 28.6 Å². The van der Waals surface area contributed by atoms with Crippen molar-refractivity contribution in [1.82, 2.24) is 0 Å². The maximum Gasteiger partial charge on any atom is 0.341 e. The Balaban J connectivity index is 1.79. The van der Waals surface area contributed by atoms with E-state index in [9.17, 15) is 9.59 Å². The molecule has 1 aliphatic carbocycles. The SMILES string of the molecule is CCOc1cccc(C=C2CCc3c2oc2cc(OCC(=O)O)ccc2c3=O)c1OC. The third-order valence-electron chi connectivity index (χ3n) is 5.10. The summed E-state index contributed by atoms with van der Waals surface area (Å²) in [4.78, 5) is 23.7. The van der Waals surface area contributed by atoms with Crippen molar-refractivity contribution in [1.29, 1.82) is 0 Å². The lowest BCUT2D eigenvalue weighted by Gasteiger charge is -2.12. The number of fused-ring (bicyclic) bond motifs is 2. The van der Waals surface area contributed by atoms with E-state index in [0.717, 1.165) is 11.1 Å². The molecule has 1 aliphatic rings. The molecule has 0 saturated heterocycles. The number of carbonyl (C=O) groups is 1. The number of carboxylic acid groups (broad SMARTS) is 1. The summed E-state index contributed by atoms with van der Waals surface area (Å²) < 4.78 is 22.5. The molecule has 0 aliphatic heterocycles. The summed E-state index contributed by atoms with van der Waals surface area (Å²) in [6.45, 7) is 1.96. The monoisotopic (exact) mass is 422 g/mol. The molecule has 4 rings (SSSR count). The first-order valence-electron chi connectivity index (χ1n) is 9.97. The van der Waals surface area contributed by atoms with Gasteiger partial charge >= 0.3 is 5.97 Å². The van der Waals surface area contributed by atoms with E-state index in [-0.39, 0.29) is 5.43 Å². The number of rotatable bonds is 7. The van der Waals surface area contributed by atoms with Crippen molar-refractivity contribution in [3.05, 3.63) is 63.5 Å². The highest BCUT2D eigenvalue weighted by Crippen LogP contribution is 2.38. The highest BCUT2D eigenvalue weighted by Gasteiger charge is 2.25. The molecule has 0 radical (unpaired) electrons. The molecule has 0 saturated carbocycles. The van der Waals surface area contributed by atoms with E-state index in [1.54, 1.807) is 25.3 Å². The van der Waals surface area contributed by atoms with Gasteiger partial charge in [0.15, 0.2) is 23.5 Å². The Morgan fingerprint density at radius 3 is 2.77 bits per heavy atom. The van der Waals surface area contributed by atoms with Crippen LogP contribution in [-0.2, 0) is 11.2 Å². The van der Waals surface area contributed by atoms with Gasteiger partial charge in [0.2, 0.25) is 0 Å². The molecule has 1 aromatic heterocycles. The molecule has 0 bridgehead atoms. The summed E-state index contributed by atoms with van der Waals surface area (Å²) in [5.41, 5.74) is 2.63. The molecule has 0 atom stereocenters. The average molecular weight is 422 g/mol. The third kappa shape index (κ3) is 3.99. The van der Waals surface area contributed by atoms with Gasteiger partial charge in [0.1, 0.15) is 17.1 Å². The molecule has 0 spiro atoms. The van der Waals surface area contributed by atoms with Crippen LogP contribution in [0.4, 0.5) is 0 Å². The number of benzene rings is 2. The van der Waals surface area contributed by atoms with Crippen LogP contribution in [0.25, 0.3) is 22.6 Å². The van der Waals surface area contributed by atoms with E-state index in [2.05, 4.69) is 0 Å². The largest absolute Gasteiger partial charge is 0.492 e. The molecule has 0 unspecified atom stereocenters. The zero-order valence-electron chi connectivity index (χ0n) is 17.3. The molecular weight excluding hydrogens is 400 g/mol. The molecule has 31 heavy (non-hydrogen) atoms. The Labute approximate surface area is 178 Å². The molecule has 3 aromatic rings. The normalized spacial score (nSPS) is 13.9. The van der Waals surface area contributed by atoms with E-state index in [1.807, 2.05) is 31.2 Å². The van der Waals surface area contributed by atoms with Crippen LogP contribution in [0, 0.1) is 0 Å². The van der Waals surface area contributed by atoms with E-state index >= 15 is 0 Å². The zero-order chi connectivity index (χ0) is 22.0. The maximum atomic E-state index is 13.0. The Bertz CT molecular complexity index is 1240. The topological polar surface area (TPSA) is 95.2 Å². The molecule has 2 aromatic carbocycles. The van der Waals surface area contributed by atoms with Gasteiger partial charge in [0.25, 0.3) is 0 Å². The van der Waals surface area contributed by atoms with Crippen molar-refractivity contribution in [3.63, 3.8) is 0 Å². The van der Waals surface area contributed by atoms with Gasteiger partial charge in [-0.1, -0.05) is 12.1 Å². The average Bonchev–Trinajstić information content (AvgIpc) is 3.15. The van der Waals surface area contributed by atoms with Crippen LogP contribution in [0.5, 0.6) is 17.2 Å². The number of methoxy groups -OCH3 is 1. The first-order chi connectivity index (χ1) is 15.0. The zero-order valence-corrected chi connectivity index (χ0v) is 17.3. The first-order valence-corrected chi connectivity index (χ1v) is 9.97. The summed E-state index contributed by atoms with van der Waals surface area (Å²) in [5, 5.41) is 9.25. The second-order valence-electron chi connectivity index (χ2n) is 7.06. The fourth-order valence-electron chi connectivity index (χ4n) is 3.77. The second-order valence-corrected chi connectivity index (χ2v) is 7.06. The van der Waals surface area contributed by atoms with Crippen LogP contribution >= 0.6 is 0 Å². The van der Waals surface area contributed by atoms with Gasteiger partial charge in [-0.3, -0.25) is 4.79 Å². The number of aliphatic carboxylic acids is 1. The quantitative estimate of drug-likeness (QED) is 0.611. The van der Waals surface area contributed by atoms with Gasteiger partial charge in [-0.15, -0.1) is 0 Å². The Morgan fingerprint density at radius 1 is 1.19 bits per heavy atom. The lowest BCUT2D eigenvalue weighted by molar-refractivity contribution is -0.139. The van der Waals surface area contributed by atoms with Crippen LogP contribution in [0.15, 0.2) is 45.6 Å². The summed E-state index contributed by atoms with van der Waals surface area (Å²) in [6.07, 6.45) is 3.20. The van der Waals surface area contributed by atoms with Gasteiger partial charge in [-0.2, -0.15) is 0 Å². The first kappa shape index (κ1) is 20.5. The van der Waals surface area contributed by atoms with Crippen molar-refractivity contribution in [2.45, 2.75) is 19.8 Å². The lowest BCUT2D eigenvalue weighted by Crippen LogP contribution is -2.10. The number of allylic oxidation sites excluding steroid dienone is 1. The minimum atomic E-state index is -1.08. The molecule has 0 amide bonds. The van der Waals surface area contributed by atoms with Crippen LogP contribution < -0.4 is 19.6 Å². The summed E-state index contributed by atoms with van der Waals surface area (Å²) in [6, 6.07) is 10.4. The number of ether oxygens (including phenoxy) is 3. The fraction of sp³-hybridized carbons (Fsp3) is 0.250. The van der Waals surface area contributed by atoms with Crippen molar-refractivity contribution < 1.29 is 28.5 Å². The lowest BCUT2D eigenvalue weighted by atomic mass is 10.1. The molecule has 7 heteroatoms. The van der Waals surface area contributed by atoms with Crippen LogP contribution in [-0.4, -0.2) is 31.4 Å². The summed E-state index contributed by atoms with van der Waals surface area (Å²) in [5.74, 6) is 1.06. The highest BCUT2D eigenvalue weighted by molar-refractivity contribution is 5.88. The molecular formula is C24H22O7. The summed E-state index contributed by atoms with van der Waals surface area (Å²) >= 11 is 0. The standard InChI is InChI=1S/C24H22O7/c1-3-29-19-6-4-5-14(24(19)28-2)11-15-7-9-18-22(27)17-10-8-16(30-13-21(25)26)12-20(17)31-23(15)18/h4-6,8,10-12H,3,7,9,13H2,1-2H3,(H,25,26). The minimum Gasteiger partial charge on any atom is -0.492 e. The third-order valence-corrected chi connectivity index (χ3v) is 5.10. The van der Waals surface area contributed by atoms with E-state index in [1.165, 1.54) is 0 Å². The molecule has 1 heterocycles. The second kappa shape index (κ2) is 8.55. The number of para-hydroxylation sites is 1. The van der Waals surface area contributed by atoms with Crippen LogP contribution in [0.2, 0.25) is 0 Å². The van der Waals surface area contributed by atoms with Gasteiger partial charge in [0.05, 0.1) is 19.1 Å². The number of carboxylic acids is 1. The molecule has 7 nitrogen and oxygen atoms in total. The van der Waals surface area contributed by atoms with Crippen LogP contribution in [0.3, 0.4) is 0 Å². The van der Waals surface area contributed by atoms with Crippen molar-refractivity contribution in [2.24, 2.45) is 0 Å². The Kier molecular flexibility index (Phi) is 5.66. The highest BCUT2D eigenvalue weighted by atomic mass is 16.5. The Morgan fingerprint density at radius 2 is 2.03 bits per heavy atom. The van der Waals surface area contributed by atoms with Gasteiger partial charge in [-0.05, 0) is 49.6 Å². The van der Waals surface area contributed by atoms with E-state index < -0.39 is 12.6 Å². The molecule has 1 N–H and O–H groups in total. The van der Waals surface area contributed by atoms with Gasteiger partial charge < -0.3 is 23.7 Å². The predicted octanol–water partition coefficient (Wildman–Crippen LogP) is 4.15.